The van der Waals surface area contributed by atoms with Gasteiger partial charge in [-0.15, -0.1) is 0 Å². The summed E-state index contributed by atoms with van der Waals surface area (Å²) >= 11 is 0. The second kappa shape index (κ2) is 6.80. The van der Waals surface area contributed by atoms with Crippen molar-refractivity contribution in [2.75, 3.05) is 39.3 Å². The SMILES string of the molecule is CC(C)N1CCN(CCCNC=O)CC1. The van der Waals surface area contributed by atoms with E-state index in [0.29, 0.717) is 6.04 Å². The molecule has 0 aromatic carbocycles. The van der Waals surface area contributed by atoms with Crippen LogP contribution < -0.4 is 5.32 Å². The fourth-order valence-electron chi connectivity index (χ4n) is 1.97. The van der Waals surface area contributed by atoms with Crippen molar-refractivity contribution in [2.45, 2.75) is 26.3 Å². The summed E-state index contributed by atoms with van der Waals surface area (Å²) in [7, 11) is 0. The summed E-state index contributed by atoms with van der Waals surface area (Å²) in [5, 5.41) is 2.70. The molecule has 0 aromatic rings. The predicted octanol–water partition coefficient (Wildman–Crippen LogP) is 0.149. The van der Waals surface area contributed by atoms with Gasteiger partial charge in [-0.3, -0.25) is 9.69 Å². The Morgan fingerprint density at radius 3 is 2.47 bits per heavy atom. The molecule has 15 heavy (non-hydrogen) atoms. The summed E-state index contributed by atoms with van der Waals surface area (Å²) in [6.45, 7) is 11.1. The first-order valence-electron chi connectivity index (χ1n) is 5.87. The molecule has 1 saturated heterocycles. The number of hydrogen-bond acceptors (Lipinski definition) is 3. The van der Waals surface area contributed by atoms with Crippen molar-refractivity contribution >= 4 is 6.41 Å². The lowest BCUT2D eigenvalue weighted by molar-refractivity contribution is -0.109. The molecular formula is C11H23N3O. The summed E-state index contributed by atoms with van der Waals surface area (Å²) < 4.78 is 0. The molecule has 4 nitrogen and oxygen atoms in total. The fraction of sp³-hybridized carbons (Fsp3) is 0.909. The third-order valence-corrected chi connectivity index (χ3v) is 3.02. The average Bonchev–Trinajstić information content (AvgIpc) is 2.25. The lowest BCUT2D eigenvalue weighted by Gasteiger charge is -2.36. The summed E-state index contributed by atoms with van der Waals surface area (Å²) in [5.41, 5.74) is 0. The van der Waals surface area contributed by atoms with Gasteiger partial charge in [-0.05, 0) is 26.8 Å². The fourth-order valence-corrected chi connectivity index (χ4v) is 1.97. The first-order valence-corrected chi connectivity index (χ1v) is 5.87. The van der Waals surface area contributed by atoms with Crippen molar-refractivity contribution in [3.8, 4) is 0 Å². The molecular weight excluding hydrogens is 190 g/mol. The normalized spacial score (nSPS) is 19.4. The number of nitrogens with one attached hydrogen (secondary N) is 1. The van der Waals surface area contributed by atoms with E-state index in [9.17, 15) is 4.79 Å². The molecule has 1 amide bonds. The molecule has 0 bridgehead atoms. The van der Waals surface area contributed by atoms with Crippen LogP contribution in [0.3, 0.4) is 0 Å². The maximum atomic E-state index is 10.0. The Labute approximate surface area is 92.6 Å². The Hall–Kier alpha value is -0.610. The van der Waals surface area contributed by atoms with Crippen molar-refractivity contribution in [2.24, 2.45) is 0 Å². The lowest BCUT2D eigenvalue weighted by Crippen LogP contribution is -2.49. The van der Waals surface area contributed by atoms with Crippen molar-refractivity contribution in [1.29, 1.82) is 0 Å². The van der Waals surface area contributed by atoms with E-state index in [-0.39, 0.29) is 0 Å². The highest BCUT2D eigenvalue weighted by Gasteiger charge is 2.17. The highest BCUT2D eigenvalue weighted by molar-refractivity contribution is 5.45. The molecule has 0 radical (unpaired) electrons. The van der Waals surface area contributed by atoms with Crippen LogP contribution in [0.25, 0.3) is 0 Å². The molecule has 1 rings (SSSR count). The van der Waals surface area contributed by atoms with Crippen molar-refractivity contribution in [1.82, 2.24) is 15.1 Å². The number of nitrogens with zero attached hydrogens (tertiary/aromatic N) is 2. The topological polar surface area (TPSA) is 35.6 Å². The minimum absolute atomic E-state index is 0.670. The van der Waals surface area contributed by atoms with E-state index in [2.05, 4.69) is 29.0 Å². The minimum Gasteiger partial charge on any atom is -0.359 e. The minimum atomic E-state index is 0.670. The zero-order valence-corrected chi connectivity index (χ0v) is 9.91. The highest BCUT2D eigenvalue weighted by atomic mass is 16.1. The van der Waals surface area contributed by atoms with Gasteiger partial charge in [0.1, 0.15) is 0 Å². The number of piperazine rings is 1. The van der Waals surface area contributed by atoms with Gasteiger partial charge < -0.3 is 10.2 Å². The zero-order valence-electron chi connectivity index (χ0n) is 9.91. The van der Waals surface area contributed by atoms with Gasteiger partial charge in [0.05, 0.1) is 0 Å². The van der Waals surface area contributed by atoms with Gasteiger partial charge in [0.2, 0.25) is 6.41 Å². The van der Waals surface area contributed by atoms with Gasteiger partial charge in [-0.25, -0.2) is 0 Å². The number of hydrogen-bond donors (Lipinski definition) is 1. The van der Waals surface area contributed by atoms with Crippen molar-refractivity contribution in [3.05, 3.63) is 0 Å². The number of carbonyl (C=O) groups excluding carboxylic acids is 1. The molecule has 88 valence electrons. The second-order valence-corrected chi connectivity index (χ2v) is 4.40. The standard InChI is InChI=1S/C11H23N3O/c1-11(2)14-8-6-13(7-9-14)5-3-4-12-10-15/h10-11H,3-9H2,1-2H3,(H,12,15). The molecule has 4 heteroatoms. The van der Waals surface area contributed by atoms with Gasteiger partial charge in [-0.2, -0.15) is 0 Å². The maximum Gasteiger partial charge on any atom is 0.207 e. The van der Waals surface area contributed by atoms with E-state index in [1.807, 2.05) is 0 Å². The Kier molecular flexibility index (Phi) is 5.65. The monoisotopic (exact) mass is 213 g/mol. The molecule has 1 aliphatic heterocycles. The van der Waals surface area contributed by atoms with Crippen LogP contribution in [0.1, 0.15) is 20.3 Å². The summed E-state index contributed by atoms with van der Waals surface area (Å²) in [6, 6.07) is 0.670. The van der Waals surface area contributed by atoms with Crippen LogP contribution in [0.15, 0.2) is 0 Å². The predicted molar refractivity (Wildman–Crippen MR) is 61.8 cm³/mol. The first kappa shape index (κ1) is 12.5. The Morgan fingerprint density at radius 1 is 1.27 bits per heavy atom. The van der Waals surface area contributed by atoms with Gasteiger partial charge in [0.25, 0.3) is 0 Å². The van der Waals surface area contributed by atoms with E-state index in [0.717, 1.165) is 25.9 Å². The molecule has 0 aliphatic carbocycles. The van der Waals surface area contributed by atoms with E-state index >= 15 is 0 Å². The second-order valence-electron chi connectivity index (χ2n) is 4.40. The quantitative estimate of drug-likeness (QED) is 0.504. The number of rotatable bonds is 6. The largest absolute Gasteiger partial charge is 0.359 e. The zero-order chi connectivity index (χ0) is 11.1. The Bertz CT molecular complexity index is 177. The van der Waals surface area contributed by atoms with E-state index in [4.69, 9.17) is 0 Å². The number of amides is 1. The summed E-state index contributed by atoms with van der Waals surface area (Å²) in [6.07, 6.45) is 1.83. The third kappa shape index (κ3) is 4.62. The highest BCUT2D eigenvalue weighted by Crippen LogP contribution is 2.05. The van der Waals surface area contributed by atoms with Gasteiger partial charge in [0, 0.05) is 38.8 Å². The molecule has 1 fully saturated rings. The van der Waals surface area contributed by atoms with Crippen LogP contribution in [-0.4, -0.2) is 61.5 Å². The van der Waals surface area contributed by atoms with Crippen LogP contribution in [0.2, 0.25) is 0 Å². The van der Waals surface area contributed by atoms with Gasteiger partial charge in [-0.1, -0.05) is 0 Å². The van der Waals surface area contributed by atoms with Crippen LogP contribution in [0, 0.1) is 0 Å². The smallest absolute Gasteiger partial charge is 0.207 e. The molecule has 0 unspecified atom stereocenters. The summed E-state index contributed by atoms with van der Waals surface area (Å²) in [5.74, 6) is 0. The van der Waals surface area contributed by atoms with Crippen molar-refractivity contribution < 1.29 is 4.79 Å². The molecule has 1 heterocycles. The van der Waals surface area contributed by atoms with Crippen LogP contribution in [-0.2, 0) is 4.79 Å². The first-order chi connectivity index (χ1) is 7.24. The van der Waals surface area contributed by atoms with Crippen LogP contribution in [0.4, 0.5) is 0 Å². The molecule has 0 atom stereocenters. The lowest BCUT2D eigenvalue weighted by atomic mass is 10.2. The summed E-state index contributed by atoms with van der Waals surface area (Å²) in [4.78, 5) is 15.0. The number of carbonyl (C=O) groups is 1. The van der Waals surface area contributed by atoms with Crippen LogP contribution >= 0.6 is 0 Å². The van der Waals surface area contributed by atoms with Crippen molar-refractivity contribution in [3.63, 3.8) is 0 Å². The van der Waals surface area contributed by atoms with E-state index < -0.39 is 0 Å². The maximum absolute atomic E-state index is 10.0. The molecule has 0 aromatic heterocycles. The Morgan fingerprint density at radius 2 is 1.93 bits per heavy atom. The van der Waals surface area contributed by atoms with Gasteiger partial charge in [0.15, 0.2) is 0 Å². The molecule has 0 saturated carbocycles. The molecule has 0 spiro atoms. The van der Waals surface area contributed by atoms with E-state index in [1.165, 1.54) is 26.2 Å². The average molecular weight is 213 g/mol. The van der Waals surface area contributed by atoms with Gasteiger partial charge >= 0.3 is 0 Å². The molecule has 1 aliphatic rings. The molecule has 1 N–H and O–H groups in total. The third-order valence-electron chi connectivity index (χ3n) is 3.02. The van der Waals surface area contributed by atoms with E-state index in [1.54, 1.807) is 0 Å². The Balaban J connectivity index is 2.06. The van der Waals surface area contributed by atoms with Crippen LogP contribution in [0.5, 0.6) is 0 Å².